The number of hydrogen-bond acceptors (Lipinski definition) is 4. The van der Waals surface area contributed by atoms with Crippen LogP contribution in [0.25, 0.3) is 0 Å². The molecule has 0 unspecified atom stereocenters. The predicted octanol–water partition coefficient (Wildman–Crippen LogP) is 4.03. The molecule has 7 heteroatoms. The van der Waals surface area contributed by atoms with Gasteiger partial charge in [-0.05, 0) is 56.0 Å². The molecule has 3 amide bonds. The zero-order valence-corrected chi connectivity index (χ0v) is 21.1. The number of amides is 3. The fraction of sp³-hybridized carbons (Fsp3) is 0.464. The molecule has 2 aromatic rings. The summed E-state index contributed by atoms with van der Waals surface area (Å²) in [5, 5.41) is 5.87. The lowest BCUT2D eigenvalue weighted by molar-refractivity contribution is -0.118. The van der Waals surface area contributed by atoms with Gasteiger partial charge >= 0.3 is 0 Å². The summed E-state index contributed by atoms with van der Waals surface area (Å²) in [4.78, 5) is 42.5. The summed E-state index contributed by atoms with van der Waals surface area (Å²) in [6.45, 7) is 9.19. The van der Waals surface area contributed by atoms with E-state index in [-0.39, 0.29) is 30.3 Å². The number of benzene rings is 2. The van der Waals surface area contributed by atoms with Crippen molar-refractivity contribution in [2.45, 2.75) is 46.1 Å². The van der Waals surface area contributed by atoms with Crippen LogP contribution in [0.1, 0.15) is 60.7 Å². The van der Waals surface area contributed by atoms with Crippen molar-refractivity contribution in [3.05, 3.63) is 65.7 Å². The third-order valence-corrected chi connectivity index (χ3v) is 6.26. The maximum atomic E-state index is 13.0. The van der Waals surface area contributed by atoms with E-state index in [1.807, 2.05) is 55.1 Å². The molecule has 1 fully saturated rings. The van der Waals surface area contributed by atoms with Crippen LogP contribution in [-0.2, 0) is 4.79 Å². The molecular weight excluding hydrogens is 440 g/mol. The highest BCUT2D eigenvalue weighted by Gasteiger charge is 2.28. The van der Waals surface area contributed by atoms with Gasteiger partial charge in [-0.2, -0.15) is 0 Å². The average Bonchev–Trinajstić information content (AvgIpc) is 2.87. The number of carbonyl (C=O) groups is 3. The van der Waals surface area contributed by atoms with Crippen LogP contribution in [0.15, 0.2) is 54.6 Å². The largest absolute Gasteiger partial charge is 0.352 e. The first-order chi connectivity index (χ1) is 16.9. The second kappa shape index (κ2) is 13.0. The van der Waals surface area contributed by atoms with Crippen LogP contribution in [-0.4, -0.2) is 66.3 Å². The molecule has 188 valence electrons. The normalized spacial score (nSPS) is 14.3. The first-order valence-corrected chi connectivity index (χ1v) is 12.6. The van der Waals surface area contributed by atoms with Crippen LogP contribution in [0.5, 0.6) is 0 Å². The number of anilines is 1. The van der Waals surface area contributed by atoms with Gasteiger partial charge in [0.1, 0.15) is 0 Å². The smallest absolute Gasteiger partial charge is 0.253 e. The Morgan fingerprint density at radius 1 is 1.00 bits per heavy atom. The molecule has 0 radical (unpaired) electrons. The van der Waals surface area contributed by atoms with E-state index < -0.39 is 0 Å². The molecule has 1 aliphatic heterocycles. The van der Waals surface area contributed by atoms with Crippen LogP contribution in [0, 0.1) is 5.92 Å². The van der Waals surface area contributed by atoms with Crippen LogP contribution in [0.2, 0.25) is 0 Å². The molecule has 0 aromatic heterocycles. The molecule has 1 saturated heterocycles. The first-order valence-electron chi connectivity index (χ1n) is 12.6. The van der Waals surface area contributed by atoms with Crippen molar-refractivity contribution in [2.75, 3.05) is 38.0 Å². The Bertz CT molecular complexity index is 985. The number of piperidine rings is 1. The maximum absolute atomic E-state index is 13.0. The minimum Gasteiger partial charge on any atom is -0.352 e. The molecule has 0 atom stereocenters. The van der Waals surface area contributed by atoms with Crippen molar-refractivity contribution in [3.8, 4) is 0 Å². The van der Waals surface area contributed by atoms with Crippen molar-refractivity contribution in [2.24, 2.45) is 5.92 Å². The minimum atomic E-state index is -0.185. The topological polar surface area (TPSA) is 81.8 Å². The van der Waals surface area contributed by atoms with Gasteiger partial charge in [0.15, 0.2) is 0 Å². The van der Waals surface area contributed by atoms with E-state index in [2.05, 4.69) is 22.5 Å². The van der Waals surface area contributed by atoms with Gasteiger partial charge in [0.25, 0.3) is 11.8 Å². The molecule has 2 N–H and O–H groups in total. The van der Waals surface area contributed by atoms with Gasteiger partial charge < -0.3 is 15.5 Å². The zero-order valence-electron chi connectivity index (χ0n) is 21.1. The number of para-hydroxylation sites is 1. The minimum absolute atomic E-state index is 0.0659. The summed E-state index contributed by atoms with van der Waals surface area (Å²) in [5.74, 6) is 0.0923. The molecule has 0 bridgehead atoms. The predicted molar refractivity (Wildman–Crippen MR) is 139 cm³/mol. The van der Waals surface area contributed by atoms with E-state index in [0.29, 0.717) is 42.4 Å². The first kappa shape index (κ1) is 26.4. The number of rotatable bonds is 10. The third-order valence-electron chi connectivity index (χ3n) is 6.26. The van der Waals surface area contributed by atoms with Gasteiger partial charge in [0.2, 0.25) is 5.91 Å². The lowest BCUT2D eigenvalue weighted by Gasteiger charge is -2.38. The molecule has 2 aromatic carbocycles. The maximum Gasteiger partial charge on any atom is 0.253 e. The van der Waals surface area contributed by atoms with E-state index in [1.165, 1.54) is 0 Å². The summed E-state index contributed by atoms with van der Waals surface area (Å²) in [7, 11) is 0. The highest BCUT2D eigenvalue weighted by molar-refractivity contribution is 6.04. The Morgan fingerprint density at radius 2 is 1.66 bits per heavy atom. The molecule has 7 nitrogen and oxygen atoms in total. The average molecular weight is 479 g/mol. The Balaban J connectivity index is 1.58. The second-order valence-corrected chi connectivity index (χ2v) is 9.56. The van der Waals surface area contributed by atoms with Crippen LogP contribution >= 0.6 is 0 Å². The molecule has 0 saturated carbocycles. The number of nitrogens with zero attached hydrogens (tertiary/aromatic N) is 2. The van der Waals surface area contributed by atoms with Gasteiger partial charge in [-0.15, -0.1) is 0 Å². The third kappa shape index (κ3) is 7.65. The standard InChI is InChI=1S/C28H38N4O3/c1-4-16-32(23-14-17-31(18-15-23)28(35)22-10-6-5-7-11-22)20-26(33)30-25-13-9-8-12-24(25)27(34)29-19-21(2)3/h5-13,21,23H,4,14-20H2,1-3H3,(H,29,34)(H,30,33). The van der Waals surface area contributed by atoms with Crippen molar-refractivity contribution >= 4 is 23.4 Å². The summed E-state index contributed by atoms with van der Waals surface area (Å²) in [5.41, 5.74) is 1.71. The summed E-state index contributed by atoms with van der Waals surface area (Å²) in [6, 6.07) is 16.7. The monoisotopic (exact) mass is 478 g/mol. The fourth-order valence-corrected chi connectivity index (χ4v) is 4.43. The number of nitrogens with one attached hydrogen (secondary N) is 2. The molecule has 0 aliphatic carbocycles. The Labute approximate surface area is 208 Å². The van der Waals surface area contributed by atoms with Gasteiger partial charge in [0.05, 0.1) is 17.8 Å². The quantitative estimate of drug-likeness (QED) is 0.540. The Kier molecular flexibility index (Phi) is 9.85. The van der Waals surface area contributed by atoms with Gasteiger partial charge in [0, 0.05) is 31.2 Å². The van der Waals surface area contributed by atoms with E-state index in [0.717, 1.165) is 25.8 Å². The van der Waals surface area contributed by atoms with Crippen LogP contribution in [0.4, 0.5) is 5.69 Å². The number of carbonyl (C=O) groups excluding carboxylic acids is 3. The molecule has 35 heavy (non-hydrogen) atoms. The fourth-order valence-electron chi connectivity index (χ4n) is 4.43. The summed E-state index contributed by atoms with van der Waals surface area (Å²) >= 11 is 0. The Hall–Kier alpha value is -3.19. The van der Waals surface area contributed by atoms with E-state index in [9.17, 15) is 14.4 Å². The van der Waals surface area contributed by atoms with Crippen molar-refractivity contribution in [3.63, 3.8) is 0 Å². The summed E-state index contributed by atoms with van der Waals surface area (Å²) < 4.78 is 0. The van der Waals surface area contributed by atoms with Gasteiger partial charge in [-0.25, -0.2) is 0 Å². The number of likely N-dealkylation sites (tertiary alicyclic amines) is 1. The van der Waals surface area contributed by atoms with Crippen molar-refractivity contribution in [1.29, 1.82) is 0 Å². The molecule has 1 aliphatic rings. The highest BCUT2D eigenvalue weighted by Crippen LogP contribution is 2.20. The molecule has 0 spiro atoms. The molecule has 1 heterocycles. The molecular formula is C28H38N4O3. The number of hydrogen-bond donors (Lipinski definition) is 2. The lowest BCUT2D eigenvalue weighted by Crippen LogP contribution is -2.49. The van der Waals surface area contributed by atoms with E-state index in [1.54, 1.807) is 18.2 Å². The highest BCUT2D eigenvalue weighted by atomic mass is 16.2. The van der Waals surface area contributed by atoms with E-state index in [4.69, 9.17) is 0 Å². The molecule has 3 rings (SSSR count). The van der Waals surface area contributed by atoms with Gasteiger partial charge in [-0.3, -0.25) is 19.3 Å². The second-order valence-electron chi connectivity index (χ2n) is 9.56. The van der Waals surface area contributed by atoms with Crippen LogP contribution in [0.3, 0.4) is 0 Å². The van der Waals surface area contributed by atoms with E-state index >= 15 is 0 Å². The van der Waals surface area contributed by atoms with Gasteiger partial charge in [-0.1, -0.05) is 51.1 Å². The Morgan fingerprint density at radius 3 is 2.31 bits per heavy atom. The van der Waals surface area contributed by atoms with Crippen LogP contribution < -0.4 is 10.6 Å². The SMILES string of the molecule is CCCN(CC(=O)Nc1ccccc1C(=O)NCC(C)C)C1CCN(C(=O)c2ccccc2)CC1. The van der Waals surface area contributed by atoms with Crippen molar-refractivity contribution < 1.29 is 14.4 Å². The van der Waals surface area contributed by atoms with Crippen molar-refractivity contribution in [1.82, 2.24) is 15.1 Å². The lowest BCUT2D eigenvalue weighted by atomic mass is 10.0. The zero-order chi connectivity index (χ0) is 25.2. The summed E-state index contributed by atoms with van der Waals surface area (Å²) in [6.07, 6.45) is 2.60.